The predicted molar refractivity (Wildman–Crippen MR) is 82.4 cm³/mol. The van der Waals surface area contributed by atoms with Gasteiger partial charge >= 0.3 is 11.9 Å². The highest BCUT2D eigenvalue weighted by atomic mass is 19.4. The van der Waals surface area contributed by atoms with E-state index in [1.54, 1.807) is 19.9 Å². The number of aryl methyl sites for hydroxylation is 2. The topological polar surface area (TPSA) is 67.8 Å². The zero-order valence-electron chi connectivity index (χ0n) is 12.7. The molecule has 124 valence electrons. The van der Waals surface area contributed by atoms with Crippen LogP contribution in [0.15, 0.2) is 40.1 Å². The molecular formula is C16H12F3N3O2. The first-order valence-electron chi connectivity index (χ1n) is 6.99. The molecule has 0 saturated carbocycles. The molecule has 0 spiro atoms. The number of nitrogens with zero attached hydrogens (tertiary/aromatic N) is 2. The molecule has 0 unspecified atom stereocenters. The molecule has 2 heterocycles. The lowest BCUT2D eigenvalue weighted by Gasteiger charge is -2.15. The number of halogens is 3. The van der Waals surface area contributed by atoms with Crippen LogP contribution in [0.3, 0.4) is 0 Å². The van der Waals surface area contributed by atoms with Crippen molar-refractivity contribution in [3.05, 3.63) is 68.1 Å². The number of fused-ring (bicyclic) bond motifs is 1. The molecule has 0 radical (unpaired) electrons. The van der Waals surface area contributed by atoms with Crippen molar-refractivity contribution < 1.29 is 13.2 Å². The van der Waals surface area contributed by atoms with Crippen molar-refractivity contribution in [3.8, 4) is 5.69 Å². The normalized spacial score (nSPS) is 11.9. The van der Waals surface area contributed by atoms with Crippen molar-refractivity contribution >= 4 is 10.9 Å². The fourth-order valence-corrected chi connectivity index (χ4v) is 2.66. The summed E-state index contributed by atoms with van der Waals surface area (Å²) in [5.74, 6) is 0. The molecule has 1 N–H and O–H groups in total. The fourth-order valence-electron chi connectivity index (χ4n) is 2.66. The molecule has 5 nitrogen and oxygen atoms in total. The van der Waals surface area contributed by atoms with Crippen LogP contribution in [0.5, 0.6) is 0 Å². The Bertz CT molecular complexity index is 1040. The van der Waals surface area contributed by atoms with E-state index in [1.165, 1.54) is 6.20 Å². The summed E-state index contributed by atoms with van der Waals surface area (Å²) in [4.78, 5) is 30.5. The predicted octanol–water partition coefficient (Wildman–Crippen LogP) is 2.71. The molecule has 0 bridgehead atoms. The van der Waals surface area contributed by atoms with Gasteiger partial charge in [-0.1, -0.05) is 0 Å². The average molecular weight is 335 g/mol. The third-order valence-electron chi connectivity index (χ3n) is 3.77. The van der Waals surface area contributed by atoms with Crippen LogP contribution in [-0.4, -0.2) is 14.5 Å². The van der Waals surface area contributed by atoms with Crippen LogP contribution < -0.4 is 11.2 Å². The molecule has 8 heteroatoms. The van der Waals surface area contributed by atoms with Gasteiger partial charge < -0.3 is 0 Å². The minimum atomic E-state index is -4.59. The van der Waals surface area contributed by atoms with E-state index in [9.17, 15) is 22.8 Å². The zero-order chi connectivity index (χ0) is 17.6. The second-order valence-corrected chi connectivity index (χ2v) is 5.39. The number of pyridine rings is 1. The van der Waals surface area contributed by atoms with Crippen LogP contribution >= 0.6 is 0 Å². The maximum absolute atomic E-state index is 13.0. The maximum atomic E-state index is 13.0. The molecule has 3 aromatic rings. The summed E-state index contributed by atoms with van der Waals surface area (Å²) in [5, 5.41) is -0.00902. The van der Waals surface area contributed by atoms with Gasteiger partial charge in [0.1, 0.15) is 0 Å². The third-order valence-corrected chi connectivity index (χ3v) is 3.77. The first-order valence-corrected chi connectivity index (χ1v) is 6.99. The molecule has 0 atom stereocenters. The fraction of sp³-hybridized carbons (Fsp3) is 0.188. The highest BCUT2D eigenvalue weighted by molar-refractivity contribution is 5.81. The van der Waals surface area contributed by atoms with Gasteiger partial charge in [-0.3, -0.25) is 19.3 Å². The van der Waals surface area contributed by atoms with Gasteiger partial charge in [0, 0.05) is 6.20 Å². The lowest BCUT2D eigenvalue weighted by Crippen LogP contribution is -2.30. The number of rotatable bonds is 1. The monoisotopic (exact) mass is 335 g/mol. The van der Waals surface area contributed by atoms with Gasteiger partial charge in [-0.25, -0.2) is 4.79 Å². The van der Waals surface area contributed by atoms with Gasteiger partial charge in [0.25, 0.3) is 5.56 Å². The van der Waals surface area contributed by atoms with Gasteiger partial charge in [-0.2, -0.15) is 13.2 Å². The second kappa shape index (κ2) is 5.33. The Kier molecular flexibility index (Phi) is 3.55. The van der Waals surface area contributed by atoms with Gasteiger partial charge in [0.2, 0.25) is 0 Å². The van der Waals surface area contributed by atoms with Crippen molar-refractivity contribution in [3.63, 3.8) is 0 Å². The third kappa shape index (κ3) is 2.49. The summed E-state index contributed by atoms with van der Waals surface area (Å²) in [6, 6.07) is 4.32. The lowest BCUT2D eigenvalue weighted by molar-refractivity contribution is -0.137. The van der Waals surface area contributed by atoms with E-state index in [2.05, 4.69) is 9.97 Å². The highest BCUT2D eigenvalue weighted by Gasteiger charge is 2.31. The quantitative estimate of drug-likeness (QED) is 0.743. The minimum Gasteiger partial charge on any atom is -0.273 e. The smallest absolute Gasteiger partial charge is 0.273 e. The van der Waals surface area contributed by atoms with Crippen molar-refractivity contribution in [1.29, 1.82) is 0 Å². The maximum Gasteiger partial charge on any atom is 0.416 e. The number of aromatic amines is 1. The minimum absolute atomic E-state index is 0.00902. The molecule has 24 heavy (non-hydrogen) atoms. The van der Waals surface area contributed by atoms with Crippen molar-refractivity contribution in [2.24, 2.45) is 0 Å². The number of aromatic nitrogens is 3. The number of alkyl halides is 3. The molecular weight excluding hydrogens is 323 g/mol. The van der Waals surface area contributed by atoms with Gasteiger partial charge in [0.05, 0.1) is 27.8 Å². The largest absolute Gasteiger partial charge is 0.416 e. The number of benzene rings is 1. The molecule has 0 aliphatic heterocycles. The Morgan fingerprint density at radius 3 is 2.46 bits per heavy atom. The second-order valence-electron chi connectivity index (χ2n) is 5.39. The Balaban J connectivity index is 2.52. The number of nitrogens with one attached hydrogen (secondary N) is 1. The summed E-state index contributed by atoms with van der Waals surface area (Å²) in [6.07, 6.45) is -3.05. The zero-order valence-corrected chi connectivity index (χ0v) is 12.7. The van der Waals surface area contributed by atoms with E-state index in [-0.39, 0.29) is 10.9 Å². The number of H-pyrrole nitrogens is 1. The summed E-state index contributed by atoms with van der Waals surface area (Å²) in [7, 11) is 0. The van der Waals surface area contributed by atoms with Gasteiger partial charge in [0.15, 0.2) is 0 Å². The standard InChI is InChI=1S/C16H12F3N3O2/c1-8-5-6-20-9(2)13(8)22-12-7-10(16(17,18)19)3-4-11(12)14(23)21-15(22)24/h3-7H,1-2H3,(H,21,23,24). The van der Waals surface area contributed by atoms with Crippen LogP contribution in [0.1, 0.15) is 16.8 Å². The van der Waals surface area contributed by atoms with E-state index >= 15 is 0 Å². The number of hydrogen-bond donors (Lipinski definition) is 1. The van der Waals surface area contributed by atoms with E-state index in [0.29, 0.717) is 16.9 Å². The Morgan fingerprint density at radius 2 is 1.83 bits per heavy atom. The van der Waals surface area contributed by atoms with Crippen LogP contribution in [0.4, 0.5) is 13.2 Å². The Hall–Kier alpha value is -2.90. The van der Waals surface area contributed by atoms with E-state index in [4.69, 9.17) is 0 Å². The first-order chi connectivity index (χ1) is 11.2. The molecule has 1 aromatic carbocycles. The molecule has 0 aliphatic carbocycles. The summed E-state index contributed by atoms with van der Waals surface area (Å²) >= 11 is 0. The van der Waals surface area contributed by atoms with Crippen molar-refractivity contribution in [2.45, 2.75) is 20.0 Å². The van der Waals surface area contributed by atoms with Crippen molar-refractivity contribution in [1.82, 2.24) is 14.5 Å². The average Bonchev–Trinajstić information content (AvgIpc) is 2.48. The molecule has 2 aromatic heterocycles. The molecule has 3 rings (SSSR count). The Labute approximate surface area is 133 Å². The Morgan fingerprint density at radius 1 is 1.12 bits per heavy atom. The van der Waals surface area contributed by atoms with Crippen molar-refractivity contribution in [2.75, 3.05) is 0 Å². The molecule has 0 amide bonds. The summed E-state index contributed by atoms with van der Waals surface area (Å²) in [5.41, 5.74) is -1.14. The molecule has 0 aliphatic rings. The van der Waals surface area contributed by atoms with Gasteiger partial charge in [-0.05, 0) is 43.7 Å². The summed E-state index contributed by atoms with van der Waals surface area (Å²) < 4.78 is 40.1. The van der Waals surface area contributed by atoms with Gasteiger partial charge in [-0.15, -0.1) is 0 Å². The van der Waals surface area contributed by atoms with Crippen LogP contribution in [0.25, 0.3) is 16.6 Å². The lowest BCUT2D eigenvalue weighted by atomic mass is 10.1. The van der Waals surface area contributed by atoms with E-state index in [0.717, 1.165) is 22.8 Å². The van der Waals surface area contributed by atoms with Crippen LogP contribution in [-0.2, 0) is 6.18 Å². The molecule has 0 fully saturated rings. The summed E-state index contributed by atoms with van der Waals surface area (Å²) in [6.45, 7) is 3.35. The van der Waals surface area contributed by atoms with E-state index < -0.39 is 23.0 Å². The van der Waals surface area contributed by atoms with Crippen LogP contribution in [0, 0.1) is 13.8 Å². The SMILES string of the molecule is Cc1ccnc(C)c1-n1c(=O)[nH]c(=O)c2ccc(C(F)(F)F)cc21. The van der Waals surface area contributed by atoms with Crippen LogP contribution in [0.2, 0.25) is 0 Å². The first kappa shape index (κ1) is 16.0. The number of hydrogen-bond acceptors (Lipinski definition) is 3. The highest BCUT2D eigenvalue weighted by Crippen LogP contribution is 2.31. The van der Waals surface area contributed by atoms with E-state index in [1.807, 2.05) is 0 Å². The molecule has 0 saturated heterocycles.